The number of hydrogen-bond acceptors (Lipinski definition) is 5. The van der Waals surface area contributed by atoms with Crippen LogP contribution >= 0.6 is 0 Å². The first kappa shape index (κ1) is 22.7. The average Bonchev–Trinajstić information content (AvgIpc) is 2.78. The molecule has 166 valence electrons. The van der Waals surface area contributed by atoms with Crippen molar-refractivity contribution in [1.29, 1.82) is 0 Å². The van der Waals surface area contributed by atoms with Crippen LogP contribution in [0.15, 0.2) is 29.2 Å². The Labute approximate surface area is 179 Å². The summed E-state index contributed by atoms with van der Waals surface area (Å²) in [5.41, 5.74) is 0.288. The van der Waals surface area contributed by atoms with Crippen molar-refractivity contribution in [3.8, 4) is 0 Å². The van der Waals surface area contributed by atoms with E-state index in [2.05, 4.69) is 10.1 Å². The van der Waals surface area contributed by atoms with E-state index in [1.165, 1.54) is 42.1 Å². The Bertz CT molecular complexity index is 826. The van der Waals surface area contributed by atoms with Crippen molar-refractivity contribution in [1.82, 2.24) is 9.62 Å². The number of carbonyl (C=O) groups is 2. The second kappa shape index (κ2) is 10.4. The molecule has 2 fully saturated rings. The predicted molar refractivity (Wildman–Crippen MR) is 114 cm³/mol. The number of esters is 1. The van der Waals surface area contributed by atoms with Crippen LogP contribution in [0.1, 0.15) is 74.6 Å². The van der Waals surface area contributed by atoms with Crippen LogP contribution in [0.4, 0.5) is 0 Å². The third kappa shape index (κ3) is 5.60. The quantitative estimate of drug-likeness (QED) is 0.663. The zero-order valence-electron chi connectivity index (χ0n) is 17.6. The SMILES string of the molecule is COC(=O)c1ccc(S(=O)(=O)N(CC(=O)NC2CCCCC2)C2CCCCC2)cc1. The van der Waals surface area contributed by atoms with Crippen LogP contribution in [0.2, 0.25) is 0 Å². The van der Waals surface area contributed by atoms with Crippen LogP contribution in [0.3, 0.4) is 0 Å². The molecule has 1 aromatic carbocycles. The fraction of sp³-hybridized carbons (Fsp3) is 0.636. The summed E-state index contributed by atoms with van der Waals surface area (Å²) in [7, 11) is -2.58. The van der Waals surface area contributed by atoms with E-state index in [0.29, 0.717) is 0 Å². The molecule has 0 bridgehead atoms. The third-order valence-corrected chi connectivity index (χ3v) is 8.05. The minimum absolute atomic E-state index is 0.0891. The topological polar surface area (TPSA) is 92.8 Å². The minimum Gasteiger partial charge on any atom is -0.465 e. The number of benzene rings is 1. The highest BCUT2D eigenvalue weighted by Crippen LogP contribution is 2.28. The van der Waals surface area contributed by atoms with E-state index < -0.39 is 16.0 Å². The van der Waals surface area contributed by atoms with Gasteiger partial charge >= 0.3 is 5.97 Å². The molecule has 2 aliphatic carbocycles. The van der Waals surface area contributed by atoms with E-state index >= 15 is 0 Å². The van der Waals surface area contributed by atoms with E-state index in [0.717, 1.165) is 57.8 Å². The molecule has 0 aromatic heterocycles. The zero-order valence-corrected chi connectivity index (χ0v) is 18.5. The standard InChI is InChI=1S/C22H32N2O5S/c1-29-22(26)17-12-14-20(15-13-17)30(27,28)24(19-10-6-3-7-11-19)16-21(25)23-18-8-4-2-5-9-18/h12-15,18-19H,2-11,16H2,1H3,(H,23,25). The van der Waals surface area contributed by atoms with Gasteiger partial charge in [-0.15, -0.1) is 0 Å². The normalized spacial score (nSPS) is 18.9. The van der Waals surface area contributed by atoms with E-state index in [9.17, 15) is 18.0 Å². The van der Waals surface area contributed by atoms with Gasteiger partial charge in [0, 0.05) is 12.1 Å². The molecule has 3 rings (SSSR count). The molecule has 2 saturated carbocycles. The van der Waals surface area contributed by atoms with Gasteiger partial charge in [0.1, 0.15) is 0 Å². The number of methoxy groups -OCH3 is 1. The van der Waals surface area contributed by atoms with E-state index in [1.807, 2.05) is 0 Å². The summed E-state index contributed by atoms with van der Waals surface area (Å²) in [5, 5.41) is 3.04. The summed E-state index contributed by atoms with van der Waals surface area (Å²) in [6.45, 7) is -0.164. The van der Waals surface area contributed by atoms with Gasteiger partial charge in [0.15, 0.2) is 0 Å². The molecule has 2 aliphatic rings. The molecule has 0 saturated heterocycles. The van der Waals surface area contributed by atoms with Crippen molar-refractivity contribution in [2.45, 2.75) is 81.2 Å². The lowest BCUT2D eigenvalue weighted by atomic mass is 9.95. The smallest absolute Gasteiger partial charge is 0.337 e. The summed E-state index contributed by atoms with van der Waals surface area (Å²) < 4.78 is 32.9. The fourth-order valence-corrected chi connectivity index (χ4v) is 6.10. The first-order chi connectivity index (χ1) is 14.4. The number of nitrogens with one attached hydrogen (secondary N) is 1. The number of sulfonamides is 1. The van der Waals surface area contributed by atoms with Crippen LogP contribution in [-0.4, -0.2) is 50.3 Å². The summed E-state index contributed by atoms with van der Waals surface area (Å²) in [5.74, 6) is -0.753. The largest absolute Gasteiger partial charge is 0.465 e. The van der Waals surface area contributed by atoms with E-state index in [4.69, 9.17) is 0 Å². The van der Waals surface area contributed by atoms with Crippen molar-refractivity contribution in [3.63, 3.8) is 0 Å². The fourth-order valence-electron chi connectivity index (χ4n) is 4.46. The maximum atomic E-state index is 13.4. The summed E-state index contributed by atoms with van der Waals surface area (Å²) in [4.78, 5) is 24.5. The number of rotatable bonds is 7. The molecule has 30 heavy (non-hydrogen) atoms. The molecule has 0 unspecified atom stereocenters. The Morgan fingerprint density at radius 1 is 0.967 bits per heavy atom. The molecule has 1 amide bonds. The highest BCUT2D eigenvalue weighted by Gasteiger charge is 2.34. The van der Waals surface area contributed by atoms with Gasteiger partial charge in [0.2, 0.25) is 15.9 Å². The van der Waals surface area contributed by atoms with Gasteiger partial charge in [-0.2, -0.15) is 4.31 Å². The van der Waals surface area contributed by atoms with Crippen molar-refractivity contribution in [2.75, 3.05) is 13.7 Å². The van der Waals surface area contributed by atoms with Gasteiger partial charge in [0.25, 0.3) is 0 Å². The van der Waals surface area contributed by atoms with E-state index in [1.54, 1.807) is 0 Å². The van der Waals surface area contributed by atoms with Gasteiger partial charge in [-0.25, -0.2) is 13.2 Å². The highest BCUT2D eigenvalue weighted by molar-refractivity contribution is 7.89. The number of amides is 1. The Kier molecular flexibility index (Phi) is 7.88. The maximum absolute atomic E-state index is 13.4. The Morgan fingerprint density at radius 3 is 2.10 bits per heavy atom. The maximum Gasteiger partial charge on any atom is 0.337 e. The van der Waals surface area contributed by atoms with Gasteiger partial charge in [0.05, 0.1) is 24.1 Å². The molecule has 1 aromatic rings. The molecule has 0 spiro atoms. The van der Waals surface area contributed by atoms with Gasteiger partial charge in [-0.1, -0.05) is 38.5 Å². The lowest BCUT2D eigenvalue weighted by Gasteiger charge is -2.33. The number of hydrogen-bond donors (Lipinski definition) is 1. The highest BCUT2D eigenvalue weighted by atomic mass is 32.2. The van der Waals surface area contributed by atoms with Crippen molar-refractivity contribution in [3.05, 3.63) is 29.8 Å². The molecule has 0 heterocycles. The minimum atomic E-state index is -3.87. The second-order valence-electron chi connectivity index (χ2n) is 8.26. The molecular formula is C22H32N2O5S. The summed E-state index contributed by atoms with van der Waals surface area (Å²) in [6.07, 6.45) is 9.83. The third-order valence-electron chi connectivity index (χ3n) is 6.13. The molecule has 0 aliphatic heterocycles. The van der Waals surface area contributed by atoms with Crippen LogP contribution in [0, 0.1) is 0 Å². The van der Waals surface area contributed by atoms with Crippen LogP contribution in [0.5, 0.6) is 0 Å². The van der Waals surface area contributed by atoms with Crippen molar-refractivity contribution < 1.29 is 22.7 Å². The van der Waals surface area contributed by atoms with Crippen LogP contribution < -0.4 is 5.32 Å². The molecule has 0 atom stereocenters. The first-order valence-corrected chi connectivity index (χ1v) is 12.4. The first-order valence-electron chi connectivity index (χ1n) is 10.9. The summed E-state index contributed by atoms with van der Waals surface area (Å²) >= 11 is 0. The number of nitrogens with zero attached hydrogens (tertiary/aromatic N) is 1. The van der Waals surface area contributed by atoms with Gasteiger partial charge in [-0.3, -0.25) is 4.79 Å². The zero-order chi connectivity index (χ0) is 21.6. The molecule has 0 radical (unpaired) electrons. The number of carbonyl (C=O) groups excluding carboxylic acids is 2. The molecule has 1 N–H and O–H groups in total. The Balaban J connectivity index is 1.79. The van der Waals surface area contributed by atoms with Crippen LogP contribution in [-0.2, 0) is 19.6 Å². The summed E-state index contributed by atoms with van der Waals surface area (Å²) in [6, 6.07) is 5.68. The van der Waals surface area contributed by atoms with E-state index in [-0.39, 0.29) is 35.0 Å². The lowest BCUT2D eigenvalue weighted by Crippen LogP contribution is -2.49. The Hall–Kier alpha value is -1.93. The van der Waals surface area contributed by atoms with Crippen molar-refractivity contribution >= 4 is 21.9 Å². The lowest BCUT2D eigenvalue weighted by molar-refractivity contribution is -0.122. The predicted octanol–water partition coefficient (Wildman–Crippen LogP) is 3.25. The molecule has 7 nitrogen and oxygen atoms in total. The number of ether oxygens (including phenoxy) is 1. The van der Waals surface area contributed by atoms with Gasteiger partial charge in [-0.05, 0) is 49.9 Å². The van der Waals surface area contributed by atoms with Crippen LogP contribution in [0.25, 0.3) is 0 Å². The molecule has 8 heteroatoms. The average molecular weight is 437 g/mol. The molecular weight excluding hydrogens is 404 g/mol. The monoisotopic (exact) mass is 436 g/mol. The Morgan fingerprint density at radius 2 is 1.53 bits per heavy atom. The second-order valence-corrected chi connectivity index (χ2v) is 10.2. The van der Waals surface area contributed by atoms with Gasteiger partial charge < -0.3 is 10.1 Å². The van der Waals surface area contributed by atoms with Crippen molar-refractivity contribution in [2.24, 2.45) is 0 Å².